The molecule has 6 heteroatoms. The van der Waals surface area contributed by atoms with E-state index in [1.807, 2.05) is 14.0 Å². The number of rotatable bonds is 6. The van der Waals surface area contributed by atoms with Gasteiger partial charge in [-0.25, -0.2) is 4.79 Å². The van der Waals surface area contributed by atoms with Crippen LogP contribution in [-0.4, -0.2) is 52.4 Å². The van der Waals surface area contributed by atoms with Gasteiger partial charge in [0.25, 0.3) is 0 Å². The molecule has 1 fully saturated rings. The fourth-order valence-electron chi connectivity index (χ4n) is 3.29. The summed E-state index contributed by atoms with van der Waals surface area (Å²) in [4.78, 5) is 15.0. The number of esters is 1. The summed E-state index contributed by atoms with van der Waals surface area (Å²) >= 11 is 0. The van der Waals surface area contributed by atoms with E-state index in [4.69, 9.17) is 18.9 Å². The maximum Gasteiger partial charge on any atom is 0.340 e. The highest BCUT2D eigenvalue weighted by molar-refractivity contribution is 6.17. The van der Waals surface area contributed by atoms with Crippen LogP contribution in [0.2, 0.25) is 0 Å². The van der Waals surface area contributed by atoms with Crippen LogP contribution < -0.4 is 14.2 Å². The monoisotopic (exact) mass is 363 g/mol. The number of hydrogen-bond donors (Lipinski definition) is 0. The molecule has 0 radical (unpaired) electrons. The Hall–Kier alpha value is -2.37. The average Bonchev–Trinajstić information content (AvgIpc) is 2.86. The van der Waals surface area contributed by atoms with Crippen LogP contribution in [0.4, 0.5) is 0 Å². The third-order valence-electron chi connectivity index (χ3n) is 4.59. The number of methoxy groups -OCH3 is 3. The summed E-state index contributed by atoms with van der Waals surface area (Å²) in [6.07, 6.45) is 4.15. The topological polar surface area (TPSA) is 57.2 Å². The number of benzene rings is 1. The highest BCUT2D eigenvalue weighted by Gasteiger charge is 2.25. The number of allylic oxidation sites excluding steroid dienone is 1. The van der Waals surface area contributed by atoms with E-state index in [-0.39, 0.29) is 5.97 Å². The van der Waals surface area contributed by atoms with Gasteiger partial charge in [-0.15, -0.1) is 0 Å². The lowest BCUT2D eigenvalue weighted by Crippen LogP contribution is -2.22. The Morgan fingerprint density at radius 3 is 2.23 bits per heavy atom. The second kappa shape index (κ2) is 9.36. The van der Waals surface area contributed by atoms with Crippen molar-refractivity contribution in [3.8, 4) is 17.2 Å². The molecule has 1 aliphatic heterocycles. The molecule has 0 atom stereocenters. The minimum absolute atomic E-state index is 0.323. The summed E-state index contributed by atoms with van der Waals surface area (Å²) in [6, 6.07) is 3.61. The normalized spacial score (nSPS) is 16.6. The summed E-state index contributed by atoms with van der Waals surface area (Å²) in [5.74, 6) is 1.20. The van der Waals surface area contributed by atoms with Gasteiger partial charge in [-0.3, -0.25) is 0 Å². The number of hydrogen-bond acceptors (Lipinski definition) is 6. The summed E-state index contributed by atoms with van der Waals surface area (Å²) in [5.41, 5.74) is 2.27. The molecule has 2 rings (SSSR count). The molecule has 26 heavy (non-hydrogen) atoms. The predicted molar refractivity (Wildman–Crippen MR) is 101 cm³/mol. The molecule has 0 spiro atoms. The van der Waals surface area contributed by atoms with E-state index in [1.165, 1.54) is 0 Å². The molecule has 0 unspecified atom stereocenters. The van der Waals surface area contributed by atoms with Crippen molar-refractivity contribution >= 4 is 11.5 Å². The van der Waals surface area contributed by atoms with Crippen molar-refractivity contribution in [2.75, 3.05) is 41.5 Å². The van der Waals surface area contributed by atoms with Crippen molar-refractivity contribution < 1.29 is 23.7 Å². The molecule has 1 saturated heterocycles. The molecule has 0 amide bonds. The van der Waals surface area contributed by atoms with Crippen molar-refractivity contribution in [1.82, 2.24) is 4.90 Å². The number of carbonyl (C=O) groups excluding carboxylic acids is 1. The van der Waals surface area contributed by atoms with Gasteiger partial charge >= 0.3 is 5.97 Å². The first-order chi connectivity index (χ1) is 12.6. The van der Waals surface area contributed by atoms with Gasteiger partial charge < -0.3 is 23.8 Å². The first-order valence-corrected chi connectivity index (χ1v) is 8.99. The fraction of sp³-hybridized carbons (Fsp3) is 0.550. The molecule has 0 aliphatic carbocycles. The van der Waals surface area contributed by atoms with Gasteiger partial charge in [0.15, 0.2) is 11.5 Å². The van der Waals surface area contributed by atoms with Gasteiger partial charge in [0, 0.05) is 19.3 Å². The molecule has 0 bridgehead atoms. The smallest absolute Gasteiger partial charge is 0.340 e. The maximum atomic E-state index is 12.8. The lowest BCUT2D eigenvalue weighted by molar-refractivity contribution is -0.136. The second-order valence-electron chi connectivity index (χ2n) is 6.19. The molecule has 144 valence electrons. The Morgan fingerprint density at radius 2 is 1.69 bits per heavy atom. The lowest BCUT2D eigenvalue weighted by Gasteiger charge is -2.24. The Bertz CT molecular complexity index is 643. The molecule has 0 N–H and O–H groups in total. The van der Waals surface area contributed by atoms with Gasteiger partial charge in [0.05, 0.1) is 33.5 Å². The quantitative estimate of drug-likeness (QED) is 0.570. The van der Waals surface area contributed by atoms with E-state index in [0.29, 0.717) is 35.0 Å². The van der Waals surface area contributed by atoms with Crippen LogP contribution >= 0.6 is 0 Å². The van der Waals surface area contributed by atoms with Crippen LogP contribution in [-0.2, 0) is 9.53 Å². The zero-order valence-corrected chi connectivity index (χ0v) is 16.4. The third-order valence-corrected chi connectivity index (χ3v) is 4.59. The van der Waals surface area contributed by atoms with Crippen LogP contribution in [0.25, 0.3) is 5.57 Å². The number of likely N-dealkylation sites (tertiary alicyclic amines) is 1. The van der Waals surface area contributed by atoms with Gasteiger partial charge in [-0.05, 0) is 43.9 Å². The Morgan fingerprint density at radius 1 is 1.04 bits per heavy atom. The summed E-state index contributed by atoms with van der Waals surface area (Å²) in [6.45, 7) is 3.05. The average molecular weight is 363 g/mol. The summed E-state index contributed by atoms with van der Waals surface area (Å²) < 4.78 is 21.7. The number of carbonyl (C=O) groups is 1. The van der Waals surface area contributed by atoms with E-state index in [0.717, 1.165) is 37.9 Å². The van der Waals surface area contributed by atoms with E-state index >= 15 is 0 Å². The molecule has 0 saturated carbocycles. The molecule has 1 heterocycles. The van der Waals surface area contributed by atoms with Crippen LogP contribution in [0.1, 0.15) is 38.2 Å². The van der Waals surface area contributed by atoms with Gasteiger partial charge in [0.2, 0.25) is 5.75 Å². The lowest BCUT2D eigenvalue weighted by atomic mass is 9.99. The van der Waals surface area contributed by atoms with Crippen LogP contribution in [0.15, 0.2) is 17.8 Å². The SMILES string of the molecule is CCOC(=O)C(=C1CCCCCN1C)c1cc(OC)c(OC)c(OC)c1. The first-order valence-electron chi connectivity index (χ1n) is 8.99. The largest absolute Gasteiger partial charge is 0.493 e. The summed E-state index contributed by atoms with van der Waals surface area (Å²) in [5, 5.41) is 0. The molecule has 6 nitrogen and oxygen atoms in total. The molecular formula is C20H29NO5. The number of nitrogens with zero attached hydrogens (tertiary/aromatic N) is 1. The van der Waals surface area contributed by atoms with E-state index < -0.39 is 0 Å². The predicted octanol–water partition coefficient (Wildman–Crippen LogP) is 3.49. The van der Waals surface area contributed by atoms with Crippen LogP contribution in [0, 0.1) is 0 Å². The second-order valence-corrected chi connectivity index (χ2v) is 6.19. The van der Waals surface area contributed by atoms with Crippen molar-refractivity contribution in [1.29, 1.82) is 0 Å². The van der Waals surface area contributed by atoms with Gasteiger partial charge in [-0.1, -0.05) is 6.42 Å². The van der Waals surface area contributed by atoms with Crippen LogP contribution in [0.5, 0.6) is 17.2 Å². The first kappa shape index (κ1) is 19.9. The highest BCUT2D eigenvalue weighted by Crippen LogP contribution is 2.41. The molecule has 1 aliphatic rings. The maximum absolute atomic E-state index is 12.8. The van der Waals surface area contributed by atoms with E-state index in [2.05, 4.69) is 4.90 Å². The molecule has 1 aromatic carbocycles. The Labute approximate surface area is 155 Å². The Kier molecular flexibility index (Phi) is 7.18. The van der Waals surface area contributed by atoms with Crippen molar-refractivity contribution in [3.05, 3.63) is 23.4 Å². The van der Waals surface area contributed by atoms with E-state index in [9.17, 15) is 4.79 Å². The molecular weight excluding hydrogens is 334 g/mol. The standard InChI is InChI=1S/C20H29NO5/c1-6-26-20(22)18(15-10-8-7-9-11-21(15)2)14-12-16(23-3)19(25-5)17(13-14)24-4/h12-13H,6-11H2,1-5H3. The fourth-order valence-corrected chi connectivity index (χ4v) is 3.29. The molecule has 0 aromatic heterocycles. The van der Waals surface area contributed by atoms with E-state index in [1.54, 1.807) is 33.5 Å². The van der Waals surface area contributed by atoms with Crippen molar-refractivity contribution in [2.24, 2.45) is 0 Å². The van der Waals surface area contributed by atoms with Crippen molar-refractivity contribution in [3.63, 3.8) is 0 Å². The zero-order valence-electron chi connectivity index (χ0n) is 16.4. The minimum Gasteiger partial charge on any atom is -0.493 e. The number of ether oxygens (including phenoxy) is 4. The van der Waals surface area contributed by atoms with Gasteiger partial charge in [-0.2, -0.15) is 0 Å². The molecule has 1 aromatic rings. The highest BCUT2D eigenvalue weighted by atomic mass is 16.5. The third kappa shape index (κ3) is 4.23. The van der Waals surface area contributed by atoms with Gasteiger partial charge in [0.1, 0.15) is 0 Å². The van der Waals surface area contributed by atoms with Crippen LogP contribution in [0.3, 0.4) is 0 Å². The van der Waals surface area contributed by atoms with Crippen molar-refractivity contribution in [2.45, 2.75) is 32.6 Å². The Balaban J connectivity index is 2.67. The zero-order chi connectivity index (χ0) is 19.1. The summed E-state index contributed by atoms with van der Waals surface area (Å²) in [7, 11) is 6.72. The minimum atomic E-state index is -0.328.